The van der Waals surface area contributed by atoms with Crippen LogP contribution in [-0.4, -0.2) is 67.4 Å². The van der Waals surface area contributed by atoms with Crippen molar-refractivity contribution in [2.75, 3.05) is 19.7 Å². The molecule has 0 radical (unpaired) electrons. The highest BCUT2D eigenvalue weighted by molar-refractivity contribution is 6.30. The first kappa shape index (κ1) is 26.6. The van der Waals surface area contributed by atoms with E-state index >= 15 is 0 Å². The van der Waals surface area contributed by atoms with Crippen LogP contribution in [0.5, 0.6) is 5.88 Å². The molecular weight excluding hydrogens is 532 g/mol. The second-order valence-corrected chi connectivity index (χ2v) is 10.7. The first-order valence-corrected chi connectivity index (χ1v) is 13.9. The van der Waals surface area contributed by atoms with Crippen LogP contribution < -0.4 is 10.2 Å². The third-order valence-electron chi connectivity index (χ3n) is 7.51. The molecule has 208 valence electrons. The maximum absolute atomic E-state index is 11.9. The number of hydroxylamine groups is 1. The zero-order chi connectivity index (χ0) is 27.5. The molecule has 2 aromatic heterocycles. The van der Waals surface area contributed by atoms with Gasteiger partial charge in [0.25, 0.3) is 5.91 Å². The third kappa shape index (κ3) is 6.10. The number of likely N-dealkylation sites (tertiary alicyclic amines) is 1. The lowest BCUT2D eigenvalue weighted by molar-refractivity contribution is -0.0592. The van der Waals surface area contributed by atoms with E-state index < -0.39 is 5.91 Å². The van der Waals surface area contributed by atoms with Crippen LogP contribution >= 0.6 is 11.6 Å². The van der Waals surface area contributed by atoms with Gasteiger partial charge in [0.1, 0.15) is 17.8 Å². The minimum absolute atomic E-state index is 0.0799. The molecule has 0 spiro atoms. The predicted octanol–water partition coefficient (Wildman–Crippen LogP) is 4.02. The minimum Gasteiger partial charge on any atom is -0.474 e. The summed E-state index contributed by atoms with van der Waals surface area (Å²) in [7, 11) is 0. The molecular formula is C29H31ClN6O4. The summed E-state index contributed by atoms with van der Waals surface area (Å²) >= 11 is 5.99. The van der Waals surface area contributed by atoms with E-state index in [9.17, 15) is 4.79 Å². The molecule has 4 aromatic rings. The van der Waals surface area contributed by atoms with Crippen LogP contribution in [0.1, 0.15) is 46.8 Å². The van der Waals surface area contributed by atoms with E-state index in [4.69, 9.17) is 31.3 Å². The average Bonchev–Trinajstić information content (AvgIpc) is 3.28. The summed E-state index contributed by atoms with van der Waals surface area (Å²) in [6.07, 6.45) is 5.40. The van der Waals surface area contributed by atoms with Crippen LogP contribution in [0.4, 0.5) is 0 Å². The minimum atomic E-state index is -0.553. The standard InChI is InChI=1S/C29H31ClN6O4/c30-21-4-1-19(2-5-21)15-26-31-11-7-28(33-26)40-22-8-12-35(13-9-22)18-27-32-24-16-20(29(37)34-38)3-6-25(24)36(27)17-23-10-14-39-23/h1-7,11,16,22-23,38H,8-10,12-15,17-18H2,(H,34,37)/t23-/m0/s1. The van der Waals surface area contributed by atoms with E-state index in [-0.39, 0.29) is 12.2 Å². The highest BCUT2D eigenvalue weighted by Crippen LogP contribution is 2.25. The monoisotopic (exact) mass is 562 g/mol. The Morgan fingerprint density at radius 3 is 2.62 bits per heavy atom. The summed E-state index contributed by atoms with van der Waals surface area (Å²) in [6, 6.07) is 14.8. The lowest BCUT2D eigenvalue weighted by Gasteiger charge is -2.32. The van der Waals surface area contributed by atoms with Gasteiger partial charge in [0.15, 0.2) is 0 Å². The number of benzene rings is 2. The summed E-state index contributed by atoms with van der Waals surface area (Å²) in [5.41, 5.74) is 4.84. The van der Waals surface area contributed by atoms with Gasteiger partial charge in [-0.15, -0.1) is 0 Å². The van der Waals surface area contributed by atoms with Gasteiger partial charge in [-0.25, -0.2) is 15.4 Å². The second kappa shape index (κ2) is 11.9. The summed E-state index contributed by atoms with van der Waals surface area (Å²) in [5, 5.41) is 9.73. The van der Waals surface area contributed by atoms with Crippen molar-refractivity contribution < 1.29 is 19.5 Å². The quantitative estimate of drug-likeness (QED) is 0.232. The first-order valence-electron chi connectivity index (χ1n) is 13.5. The molecule has 2 aliphatic heterocycles. The molecule has 6 rings (SSSR count). The summed E-state index contributed by atoms with van der Waals surface area (Å²) in [5.74, 6) is 1.70. The molecule has 0 aliphatic carbocycles. The number of nitrogens with one attached hydrogen (secondary N) is 1. The van der Waals surface area contributed by atoms with Gasteiger partial charge in [0.05, 0.1) is 30.2 Å². The van der Waals surface area contributed by atoms with Crippen molar-refractivity contribution >= 4 is 28.5 Å². The fraction of sp³-hybridized carbons (Fsp3) is 0.379. The average molecular weight is 563 g/mol. The molecule has 2 fully saturated rings. The number of piperidine rings is 1. The molecule has 10 nitrogen and oxygen atoms in total. The molecule has 0 bridgehead atoms. The zero-order valence-electron chi connectivity index (χ0n) is 22.0. The van der Waals surface area contributed by atoms with Crippen LogP contribution in [0.2, 0.25) is 5.02 Å². The number of rotatable bonds is 9. The van der Waals surface area contributed by atoms with Gasteiger partial charge >= 0.3 is 0 Å². The Balaban J connectivity index is 1.09. The smallest absolute Gasteiger partial charge is 0.274 e. The molecule has 2 aromatic carbocycles. The number of halogens is 1. The first-order chi connectivity index (χ1) is 19.5. The van der Waals surface area contributed by atoms with Crippen molar-refractivity contribution in [2.24, 2.45) is 0 Å². The van der Waals surface area contributed by atoms with Gasteiger partial charge in [-0.3, -0.25) is 14.9 Å². The number of amides is 1. The normalized spacial score (nSPS) is 18.0. The Hall–Kier alpha value is -3.57. The van der Waals surface area contributed by atoms with E-state index in [2.05, 4.69) is 19.4 Å². The molecule has 4 heterocycles. The van der Waals surface area contributed by atoms with E-state index in [0.29, 0.717) is 35.3 Å². The Morgan fingerprint density at radius 1 is 1.10 bits per heavy atom. The fourth-order valence-corrected chi connectivity index (χ4v) is 5.34. The SMILES string of the molecule is O=C(NO)c1ccc2c(c1)nc(CN1CCC(Oc3ccnc(Cc4ccc(Cl)cc4)n3)CC1)n2C[C@@H]1CCO1. The molecule has 2 N–H and O–H groups in total. The third-order valence-corrected chi connectivity index (χ3v) is 7.77. The van der Waals surface area contributed by atoms with Gasteiger partial charge in [-0.2, -0.15) is 4.98 Å². The summed E-state index contributed by atoms with van der Waals surface area (Å²) < 4.78 is 14.2. The van der Waals surface area contributed by atoms with Gasteiger partial charge in [0, 0.05) is 49.0 Å². The molecule has 40 heavy (non-hydrogen) atoms. The largest absolute Gasteiger partial charge is 0.474 e. The molecule has 0 unspecified atom stereocenters. The number of hydrogen-bond acceptors (Lipinski definition) is 8. The van der Waals surface area contributed by atoms with Gasteiger partial charge in [-0.05, 0) is 55.2 Å². The number of aromatic nitrogens is 4. The van der Waals surface area contributed by atoms with Gasteiger partial charge in [-0.1, -0.05) is 23.7 Å². The Bertz CT molecular complexity index is 1480. The fourth-order valence-electron chi connectivity index (χ4n) is 5.21. The molecule has 1 amide bonds. The number of hydrogen-bond donors (Lipinski definition) is 2. The predicted molar refractivity (Wildman–Crippen MR) is 149 cm³/mol. The number of fused-ring (bicyclic) bond motifs is 1. The molecule has 0 saturated carbocycles. The Kier molecular flexibility index (Phi) is 7.92. The van der Waals surface area contributed by atoms with Gasteiger partial charge in [0.2, 0.25) is 5.88 Å². The van der Waals surface area contributed by atoms with Crippen LogP contribution in [0.25, 0.3) is 11.0 Å². The molecule has 11 heteroatoms. The van der Waals surface area contributed by atoms with Gasteiger partial charge < -0.3 is 14.0 Å². The molecule has 2 aliphatic rings. The van der Waals surface area contributed by atoms with Crippen LogP contribution in [0.3, 0.4) is 0 Å². The number of carbonyl (C=O) groups excluding carboxylic acids is 1. The van der Waals surface area contributed by atoms with E-state index in [1.54, 1.807) is 23.8 Å². The summed E-state index contributed by atoms with van der Waals surface area (Å²) in [6.45, 7) is 3.94. The number of ether oxygens (including phenoxy) is 2. The van der Waals surface area contributed by atoms with Crippen molar-refractivity contribution in [1.29, 1.82) is 0 Å². The van der Waals surface area contributed by atoms with Crippen molar-refractivity contribution in [2.45, 2.75) is 51.0 Å². The topological polar surface area (TPSA) is 115 Å². The highest BCUT2D eigenvalue weighted by Gasteiger charge is 2.26. The lowest BCUT2D eigenvalue weighted by Crippen LogP contribution is -2.39. The maximum atomic E-state index is 11.9. The van der Waals surface area contributed by atoms with E-state index in [1.165, 1.54) is 0 Å². The van der Waals surface area contributed by atoms with E-state index in [1.807, 2.05) is 36.4 Å². The number of imidazole rings is 1. The molecule has 2 saturated heterocycles. The second-order valence-electron chi connectivity index (χ2n) is 10.3. The van der Waals surface area contributed by atoms with E-state index in [0.717, 1.165) is 67.9 Å². The lowest BCUT2D eigenvalue weighted by atomic mass is 10.1. The van der Waals surface area contributed by atoms with Crippen molar-refractivity contribution in [3.63, 3.8) is 0 Å². The van der Waals surface area contributed by atoms with Crippen LogP contribution in [-0.2, 0) is 24.2 Å². The zero-order valence-corrected chi connectivity index (χ0v) is 22.8. The van der Waals surface area contributed by atoms with Crippen molar-refractivity contribution in [3.8, 4) is 5.88 Å². The Morgan fingerprint density at radius 2 is 1.90 bits per heavy atom. The van der Waals surface area contributed by atoms with Crippen LogP contribution in [0, 0.1) is 0 Å². The molecule has 1 atom stereocenters. The summed E-state index contributed by atoms with van der Waals surface area (Å²) in [4.78, 5) is 28.2. The Labute approximate surface area is 236 Å². The highest BCUT2D eigenvalue weighted by atomic mass is 35.5. The number of nitrogens with zero attached hydrogens (tertiary/aromatic N) is 5. The van der Waals surface area contributed by atoms with Crippen molar-refractivity contribution in [1.82, 2.24) is 29.9 Å². The van der Waals surface area contributed by atoms with Crippen molar-refractivity contribution in [3.05, 3.63) is 82.5 Å². The van der Waals surface area contributed by atoms with Crippen LogP contribution in [0.15, 0.2) is 54.7 Å². The maximum Gasteiger partial charge on any atom is 0.274 e. The number of carbonyl (C=O) groups is 1.